The van der Waals surface area contributed by atoms with E-state index in [0.29, 0.717) is 0 Å². The molecule has 0 atom stereocenters. The number of carboxylic acid groups (broad SMARTS) is 1. The normalized spacial score (nSPS) is 12.0. The molecule has 0 heterocycles. The maximum Gasteiger partial charge on any atom is 0.573 e. The zero-order valence-corrected chi connectivity index (χ0v) is 11.0. The molecule has 0 saturated heterocycles. The summed E-state index contributed by atoms with van der Waals surface area (Å²) in [5.74, 6) is -4.06. The lowest BCUT2D eigenvalue weighted by atomic mass is 10.2. The number of carbonyl (C=O) groups excluding carboxylic acids is 2. The first-order chi connectivity index (χ1) is 9.64. The van der Waals surface area contributed by atoms with Crippen LogP contribution in [0, 0.1) is 0 Å². The minimum Gasteiger partial charge on any atom is -0.545 e. The van der Waals surface area contributed by atoms with Gasteiger partial charge in [0.1, 0.15) is 0 Å². The first kappa shape index (κ1) is 16.5. The second-order valence-corrected chi connectivity index (χ2v) is 3.86. The third-order valence-electron chi connectivity index (χ3n) is 2.36. The third kappa shape index (κ3) is 4.83. The Morgan fingerprint density at radius 1 is 1.24 bits per heavy atom. The van der Waals surface area contributed by atoms with Gasteiger partial charge >= 0.3 is 12.3 Å². The van der Waals surface area contributed by atoms with Crippen molar-refractivity contribution in [1.82, 2.24) is 0 Å². The van der Waals surface area contributed by atoms with Crippen LogP contribution in [0.2, 0.25) is 0 Å². The van der Waals surface area contributed by atoms with Gasteiger partial charge in [0.05, 0.1) is 5.97 Å². The van der Waals surface area contributed by atoms with E-state index in [2.05, 4.69) is 4.74 Å². The summed E-state index contributed by atoms with van der Waals surface area (Å²) in [5, 5.41) is 10.7. The number of ether oxygens (including phenoxy) is 2. The molecule has 0 aliphatic carbocycles. The predicted molar refractivity (Wildman–Crippen MR) is 62.5 cm³/mol. The van der Waals surface area contributed by atoms with E-state index in [1.54, 1.807) is 0 Å². The summed E-state index contributed by atoms with van der Waals surface area (Å²) in [4.78, 5) is 22.3. The molecule has 8 heteroatoms. The maximum atomic E-state index is 12.2. The number of esters is 1. The summed E-state index contributed by atoms with van der Waals surface area (Å²) in [7, 11) is 0. The van der Waals surface area contributed by atoms with Gasteiger partial charge in [0, 0.05) is 11.1 Å². The molecule has 0 amide bonds. The smallest absolute Gasteiger partial charge is 0.545 e. The standard InChI is InChI=1S/C13H11F3O5/c1-3-7(2)12(19)20-10-6-8(11(17)18)4-5-9(10)21-13(14,15)16/h3-6H,1-2H3,(H,17,18)/p-1/b7-3+. The van der Waals surface area contributed by atoms with E-state index < -0.39 is 35.4 Å². The van der Waals surface area contributed by atoms with Crippen molar-refractivity contribution >= 4 is 11.9 Å². The van der Waals surface area contributed by atoms with Crippen molar-refractivity contribution in [1.29, 1.82) is 0 Å². The van der Waals surface area contributed by atoms with E-state index in [0.717, 1.165) is 18.2 Å². The molecule has 5 nitrogen and oxygen atoms in total. The van der Waals surface area contributed by atoms with Crippen LogP contribution in [0.4, 0.5) is 13.2 Å². The number of halogens is 3. The summed E-state index contributed by atoms with van der Waals surface area (Å²) in [6.07, 6.45) is -3.63. The van der Waals surface area contributed by atoms with Crippen molar-refractivity contribution in [3.8, 4) is 11.5 Å². The number of benzene rings is 1. The number of hydrogen-bond acceptors (Lipinski definition) is 5. The van der Waals surface area contributed by atoms with Gasteiger partial charge in [-0.3, -0.25) is 0 Å². The lowest BCUT2D eigenvalue weighted by molar-refractivity contribution is -0.275. The Labute approximate surface area is 117 Å². The van der Waals surface area contributed by atoms with Gasteiger partial charge in [-0.25, -0.2) is 4.79 Å². The van der Waals surface area contributed by atoms with E-state index in [4.69, 9.17) is 4.74 Å². The van der Waals surface area contributed by atoms with Gasteiger partial charge in [0.2, 0.25) is 0 Å². The van der Waals surface area contributed by atoms with E-state index in [9.17, 15) is 27.9 Å². The molecule has 0 aliphatic rings. The molecule has 1 rings (SSSR count). The summed E-state index contributed by atoms with van der Waals surface area (Å²) >= 11 is 0. The quantitative estimate of drug-likeness (QED) is 0.482. The molecule has 21 heavy (non-hydrogen) atoms. The lowest BCUT2D eigenvalue weighted by Crippen LogP contribution is -2.23. The van der Waals surface area contributed by atoms with Crippen LogP contribution >= 0.6 is 0 Å². The SMILES string of the molecule is C/C=C(\C)C(=O)Oc1cc(C(=O)[O-])ccc1OC(F)(F)F. The van der Waals surface area contributed by atoms with Crippen LogP contribution < -0.4 is 14.6 Å². The van der Waals surface area contributed by atoms with E-state index in [1.165, 1.54) is 19.9 Å². The second kappa shape index (κ2) is 6.29. The van der Waals surface area contributed by atoms with Crippen LogP contribution in [0.3, 0.4) is 0 Å². The van der Waals surface area contributed by atoms with Crippen molar-refractivity contribution in [2.45, 2.75) is 20.2 Å². The number of carbonyl (C=O) groups is 2. The van der Waals surface area contributed by atoms with Crippen molar-refractivity contribution in [3.63, 3.8) is 0 Å². The summed E-state index contributed by atoms with van der Waals surface area (Å²) in [6.45, 7) is 2.91. The summed E-state index contributed by atoms with van der Waals surface area (Å²) < 4.78 is 45.1. The number of hydrogen-bond donors (Lipinski definition) is 0. The van der Waals surface area contributed by atoms with E-state index >= 15 is 0 Å². The summed E-state index contributed by atoms with van der Waals surface area (Å²) in [6, 6.07) is 2.29. The monoisotopic (exact) mass is 303 g/mol. The second-order valence-electron chi connectivity index (χ2n) is 3.86. The summed E-state index contributed by atoms with van der Waals surface area (Å²) in [5.41, 5.74) is -0.322. The van der Waals surface area contributed by atoms with Crippen LogP contribution in [0.25, 0.3) is 0 Å². The zero-order valence-electron chi connectivity index (χ0n) is 11.0. The highest BCUT2D eigenvalue weighted by Crippen LogP contribution is 2.33. The molecular formula is C13H10F3O5-. The minimum atomic E-state index is -5.01. The highest BCUT2D eigenvalue weighted by molar-refractivity contribution is 5.91. The number of allylic oxidation sites excluding steroid dienone is 1. The average molecular weight is 303 g/mol. The Bertz CT molecular complexity index is 590. The molecule has 0 aliphatic heterocycles. The Kier molecular flexibility index (Phi) is 4.96. The van der Waals surface area contributed by atoms with Gasteiger partial charge in [-0.05, 0) is 32.0 Å². The van der Waals surface area contributed by atoms with Crippen LogP contribution in [-0.4, -0.2) is 18.3 Å². The Morgan fingerprint density at radius 3 is 2.33 bits per heavy atom. The number of aromatic carboxylic acids is 1. The maximum absolute atomic E-state index is 12.2. The molecule has 0 unspecified atom stereocenters. The van der Waals surface area contributed by atoms with E-state index in [-0.39, 0.29) is 5.57 Å². The fourth-order valence-corrected chi connectivity index (χ4v) is 1.22. The average Bonchev–Trinajstić information content (AvgIpc) is 2.37. The van der Waals surface area contributed by atoms with Crippen molar-refractivity contribution in [2.24, 2.45) is 0 Å². The topological polar surface area (TPSA) is 75.7 Å². The fraction of sp³-hybridized carbons (Fsp3) is 0.231. The number of carboxylic acids is 1. The van der Waals surface area contributed by atoms with Crippen molar-refractivity contribution in [2.75, 3.05) is 0 Å². The fourth-order valence-electron chi connectivity index (χ4n) is 1.22. The zero-order chi connectivity index (χ0) is 16.2. The van der Waals surface area contributed by atoms with E-state index in [1.807, 2.05) is 0 Å². The molecule has 0 N–H and O–H groups in total. The highest BCUT2D eigenvalue weighted by atomic mass is 19.4. The van der Waals surface area contributed by atoms with Crippen LogP contribution in [0.5, 0.6) is 11.5 Å². The Balaban J connectivity index is 3.20. The molecule has 0 spiro atoms. The van der Waals surface area contributed by atoms with Gasteiger partial charge < -0.3 is 19.4 Å². The first-order valence-electron chi connectivity index (χ1n) is 5.60. The molecule has 0 bridgehead atoms. The van der Waals surface area contributed by atoms with Gasteiger partial charge in [-0.1, -0.05) is 6.08 Å². The largest absolute Gasteiger partial charge is 0.573 e. The van der Waals surface area contributed by atoms with Crippen LogP contribution in [0.15, 0.2) is 29.8 Å². The third-order valence-corrected chi connectivity index (χ3v) is 2.36. The number of alkyl halides is 3. The van der Waals surface area contributed by atoms with Crippen molar-refractivity contribution < 1.29 is 37.3 Å². The Morgan fingerprint density at radius 2 is 1.86 bits per heavy atom. The molecule has 0 saturated carbocycles. The molecule has 0 radical (unpaired) electrons. The van der Waals surface area contributed by atoms with Crippen LogP contribution in [0.1, 0.15) is 24.2 Å². The molecule has 1 aromatic carbocycles. The minimum absolute atomic E-state index is 0.131. The molecule has 114 valence electrons. The Hall–Kier alpha value is -2.51. The van der Waals surface area contributed by atoms with Gasteiger partial charge in [0.25, 0.3) is 0 Å². The van der Waals surface area contributed by atoms with Gasteiger partial charge in [-0.15, -0.1) is 13.2 Å². The number of rotatable bonds is 4. The molecule has 0 fully saturated rings. The molecule has 1 aromatic rings. The van der Waals surface area contributed by atoms with Crippen molar-refractivity contribution in [3.05, 3.63) is 35.4 Å². The predicted octanol–water partition coefficient (Wildman–Crippen LogP) is 1.82. The van der Waals surface area contributed by atoms with Gasteiger partial charge in [-0.2, -0.15) is 0 Å². The van der Waals surface area contributed by atoms with Crippen LogP contribution in [-0.2, 0) is 4.79 Å². The first-order valence-corrected chi connectivity index (χ1v) is 5.60. The molecule has 0 aromatic heterocycles. The lowest BCUT2D eigenvalue weighted by Gasteiger charge is -2.14. The highest BCUT2D eigenvalue weighted by Gasteiger charge is 2.33. The molecular weight excluding hydrogens is 293 g/mol. The van der Waals surface area contributed by atoms with Gasteiger partial charge in [0.15, 0.2) is 11.5 Å².